The van der Waals surface area contributed by atoms with Gasteiger partial charge >= 0.3 is 0 Å². The summed E-state index contributed by atoms with van der Waals surface area (Å²) >= 11 is 5.47. The lowest BCUT2D eigenvalue weighted by Crippen LogP contribution is -1.98. The van der Waals surface area contributed by atoms with Gasteiger partial charge in [0.2, 0.25) is 5.75 Å². The van der Waals surface area contributed by atoms with Gasteiger partial charge in [-0.15, -0.1) is 0 Å². The maximum atomic E-state index is 13.8. The molecule has 2 aromatic carbocycles. The number of hydrogen-bond acceptors (Lipinski definition) is 3. The molecule has 0 amide bonds. The van der Waals surface area contributed by atoms with Gasteiger partial charge in [-0.2, -0.15) is 0 Å². The van der Waals surface area contributed by atoms with Gasteiger partial charge in [-0.3, -0.25) is 10.1 Å². The summed E-state index contributed by atoms with van der Waals surface area (Å²) in [5.74, 6) is -3.10. The third kappa shape index (κ3) is 2.63. The van der Waals surface area contributed by atoms with E-state index in [1.165, 1.54) is 12.1 Å². The normalized spacial score (nSPS) is 10.3. The van der Waals surface area contributed by atoms with Crippen LogP contribution in [0, 0.1) is 21.7 Å². The molecule has 0 aromatic heterocycles. The molecule has 4 nitrogen and oxygen atoms in total. The van der Waals surface area contributed by atoms with Crippen LogP contribution in [0.3, 0.4) is 0 Å². The summed E-state index contributed by atoms with van der Waals surface area (Å²) in [6, 6.07) is 8.39. The quantitative estimate of drug-likeness (QED) is 0.479. The molecule has 0 saturated carbocycles. The second-order valence-corrected chi connectivity index (χ2v) is 3.88. The number of para-hydroxylation sites is 1. The van der Waals surface area contributed by atoms with Crippen molar-refractivity contribution in [2.45, 2.75) is 0 Å². The maximum Gasteiger partial charge on any atom is 0.294 e. The molecule has 0 aliphatic rings. The Morgan fingerprint density at radius 2 is 1.84 bits per heavy atom. The Balaban J connectivity index is 2.48. The van der Waals surface area contributed by atoms with Crippen LogP contribution in [-0.4, -0.2) is 4.92 Å². The van der Waals surface area contributed by atoms with Crippen LogP contribution < -0.4 is 4.74 Å². The van der Waals surface area contributed by atoms with Crippen LogP contribution in [0.1, 0.15) is 0 Å². The SMILES string of the molecule is O=[N+]([O-])c1cc(F)c(Oc2ccccc2)c(F)c1Cl. The summed E-state index contributed by atoms with van der Waals surface area (Å²) in [7, 11) is 0. The molecule has 0 aliphatic heterocycles. The van der Waals surface area contributed by atoms with E-state index in [1.807, 2.05) is 0 Å². The lowest BCUT2D eigenvalue weighted by Gasteiger charge is -2.08. The topological polar surface area (TPSA) is 52.4 Å². The van der Waals surface area contributed by atoms with Crippen LogP contribution >= 0.6 is 11.6 Å². The summed E-state index contributed by atoms with van der Waals surface area (Å²) in [6.45, 7) is 0. The predicted octanol–water partition coefficient (Wildman–Crippen LogP) is 4.32. The van der Waals surface area contributed by atoms with E-state index in [-0.39, 0.29) is 5.75 Å². The highest BCUT2D eigenvalue weighted by molar-refractivity contribution is 6.33. The van der Waals surface area contributed by atoms with Crippen molar-refractivity contribution >= 4 is 17.3 Å². The minimum Gasteiger partial charge on any atom is -0.451 e. The predicted molar refractivity (Wildman–Crippen MR) is 64.5 cm³/mol. The largest absolute Gasteiger partial charge is 0.451 e. The molecule has 19 heavy (non-hydrogen) atoms. The molecule has 2 aromatic rings. The van der Waals surface area contributed by atoms with Crippen LogP contribution in [-0.2, 0) is 0 Å². The zero-order valence-corrected chi connectivity index (χ0v) is 10.0. The van der Waals surface area contributed by atoms with E-state index >= 15 is 0 Å². The first-order valence-corrected chi connectivity index (χ1v) is 5.43. The summed E-state index contributed by atoms with van der Waals surface area (Å²) in [4.78, 5) is 9.57. The Morgan fingerprint density at radius 1 is 1.21 bits per heavy atom. The zero-order chi connectivity index (χ0) is 14.0. The smallest absolute Gasteiger partial charge is 0.294 e. The minimum atomic E-state index is -1.31. The average Bonchev–Trinajstić information content (AvgIpc) is 2.40. The average molecular weight is 286 g/mol. The second kappa shape index (κ2) is 5.19. The standard InChI is InChI=1S/C12H6ClF2NO3/c13-10-9(16(17)18)6-8(14)12(11(10)15)19-7-4-2-1-3-5-7/h1-6H. The highest BCUT2D eigenvalue weighted by Crippen LogP contribution is 2.37. The van der Waals surface area contributed by atoms with E-state index in [0.717, 1.165) is 0 Å². The third-order valence-electron chi connectivity index (χ3n) is 2.26. The van der Waals surface area contributed by atoms with Gasteiger partial charge in [0.25, 0.3) is 5.69 Å². The van der Waals surface area contributed by atoms with E-state index in [1.54, 1.807) is 18.2 Å². The molecule has 98 valence electrons. The Bertz CT molecular complexity index is 635. The maximum absolute atomic E-state index is 13.8. The molecule has 0 bridgehead atoms. The number of nitro groups is 1. The van der Waals surface area contributed by atoms with Crippen molar-refractivity contribution in [3.05, 3.63) is 63.2 Å². The lowest BCUT2D eigenvalue weighted by atomic mass is 10.2. The molecule has 0 atom stereocenters. The number of benzene rings is 2. The van der Waals surface area contributed by atoms with Crippen LogP contribution in [0.4, 0.5) is 14.5 Å². The van der Waals surface area contributed by atoms with Crippen molar-refractivity contribution in [2.24, 2.45) is 0 Å². The number of ether oxygens (including phenoxy) is 1. The van der Waals surface area contributed by atoms with Crippen molar-refractivity contribution < 1.29 is 18.4 Å². The first kappa shape index (κ1) is 13.2. The molecule has 0 N–H and O–H groups in total. The van der Waals surface area contributed by atoms with Gasteiger partial charge in [0.05, 0.1) is 11.0 Å². The molecule has 0 saturated heterocycles. The number of nitro benzene ring substituents is 1. The fourth-order valence-corrected chi connectivity index (χ4v) is 1.61. The Labute approximate surface area is 111 Å². The molecule has 0 heterocycles. The fraction of sp³-hybridized carbons (Fsp3) is 0. The van der Waals surface area contributed by atoms with Gasteiger partial charge in [0.15, 0.2) is 16.7 Å². The van der Waals surface area contributed by atoms with Crippen molar-refractivity contribution in [3.8, 4) is 11.5 Å². The second-order valence-electron chi connectivity index (χ2n) is 3.51. The monoisotopic (exact) mass is 285 g/mol. The van der Waals surface area contributed by atoms with E-state index < -0.39 is 33.0 Å². The van der Waals surface area contributed by atoms with E-state index in [2.05, 4.69) is 0 Å². The number of halogens is 3. The number of nitrogens with zero attached hydrogens (tertiary/aromatic N) is 1. The molecular formula is C12H6ClF2NO3. The Hall–Kier alpha value is -2.21. The van der Waals surface area contributed by atoms with Crippen molar-refractivity contribution in [1.82, 2.24) is 0 Å². The molecule has 7 heteroatoms. The lowest BCUT2D eigenvalue weighted by molar-refractivity contribution is -0.385. The van der Waals surface area contributed by atoms with Gasteiger partial charge in [-0.05, 0) is 12.1 Å². The summed E-state index contributed by atoms with van der Waals surface area (Å²) in [6.07, 6.45) is 0. The molecule has 0 fully saturated rings. The molecule has 0 radical (unpaired) electrons. The van der Waals surface area contributed by atoms with Crippen molar-refractivity contribution in [1.29, 1.82) is 0 Å². The highest BCUT2D eigenvalue weighted by Gasteiger charge is 2.25. The third-order valence-corrected chi connectivity index (χ3v) is 2.62. The number of rotatable bonds is 3. The number of hydrogen-bond donors (Lipinski definition) is 0. The van der Waals surface area contributed by atoms with Gasteiger partial charge in [0, 0.05) is 0 Å². The van der Waals surface area contributed by atoms with Gasteiger partial charge in [-0.1, -0.05) is 29.8 Å². The van der Waals surface area contributed by atoms with Gasteiger partial charge in [0.1, 0.15) is 5.75 Å². The molecule has 2 rings (SSSR count). The van der Waals surface area contributed by atoms with Crippen molar-refractivity contribution in [3.63, 3.8) is 0 Å². The Morgan fingerprint density at radius 3 is 2.42 bits per heavy atom. The van der Waals surface area contributed by atoms with Crippen LogP contribution in [0.5, 0.6) is 11.5 Å². The zero-order valence-electron chi connectivity index (χ0n) is 9.27. The highest BCUT2D eigenvalue weighted by atomic mass is 35.5. The van der Waals surface area contributed by atoms with Gasteiger partial charge < -0.3 is 4.74 Å². The van der Waals surface area contributed by atoms with E-state index in [4.69, 9.17) is 16.3 Å². The van der Waals surface area contributed by atoms with E-state index in [9.17, 15) is 18.9 Å². The summed E-state index contributed by atoms with van der Waals surface area (Å²) < 4.78 is 32.4. The summed E-state index contributed by atoms with van der Waals surface area (Å²) in [5.41, 5.74) is -0.850. The van der Waals surface area contributed by atoms with Crippen LogP contribution in [0.15, 0.2) is 36.4 Å². The van der Waals surface area contributed by atoms with E-state index in [0.29, 0.717) is 6.07 Å². The first-order chi connectivity index (χ1) is 9.00. The molecular weight excluding hydrogens is 280 g/mol. The molecule has 0 aliphatic carbocycles. The molecule has 0 unspecified atom stereocenters. The first-order valence-electron chi connectivity index (χ1n) is 5.05. The minimum absolute atomic E-state index is 0.185. The van der Waals surface area contributed by atoms with Crippen molar-refractivity contribution in [2.75, 3.05) is 0 Å². The fourth-order valence-electron chi connectivity index (χ4n) is 1.40. The van der Waals surface area contributed by atoms with Crippen LogP contribution in [0.2, 0.25) is 5.02 Å². The van der Waals surface area contributed by atoms with Gasteiger partial charge in [-0.25, -0.2) is 8.78 Å². The summed E-state index contributed by atoms with van der Waals surface area (Å²) in [5, 5.41) is 9.75. The van der Waals surface area contributed by atoms with Crippen LogP contribution in [0.25, 0.3) is 0 Å². The Kier molecular flexibility index (Phi) is 3.62. The molecule has 0 spiro atoms.